The van der Waals surface area contributed by atoms with Crippen LogP contribution < -0.4 is 0 Å². The lowest BCUT2D eigenvalue weighted by Crippen LogP contribution is -2.27. The summed E-state index contributed by atoms with van der Waals surface area (Å²) in [4.78, 5) is 13.9. The third kappa shape index (κ3) is 3.58. The van der Waals surface area contributed by atoms with Crippen LogP contribution in [0, 0.1) is 5.92 Å². The predicted octanol–water partition coefficient (Wildman–Crippen LogP) is 4.14. The van der Waals surface area contributed by atoms with Crippen molar-refractivity contribution < 1.29 is 4.79 Å². The number of carbonyl (C=O) groups excluding carboxylic acids is 1. The average molecular weight is 358 g/mol. The van der Waals surface area contributed by atoms with E-state index in [1.165, 1.54) is 16.7 Å². The molecule has 1 atom stereocenters. The maximum atomic E-state index is 11.9. The van der Waals surface area contributed by atoms with Crippen molar-refractivity contribution in [2.24, 2.45) is 5.92 Å². The summed E-state index contributed by atoms with van der Waals surface area (Å²) in [7, 11) is 0. The number of amides is 1. The molecule has 0 spiro atoms. The molecule has 0 saturated carbocycles. The fraction of sp³-hybridized carbons (Fsp3) is 0.316. The van der Waals surface area contributed by atoms with Crippen LogP contribution >= 0.6 is 15.9 Å². The van der Waals surface area contributed by atoms with E-state index in [-0.39, 0.29) is 0 Å². The van der Waals surface area contributed by atoms with E-state index in [0.29, 0.717) is 18.2 Å². The zero-order valence-electron chi connectivity index (χ0n) is 12.5. The van der Waals surface area contributed by atoms with Gasteiger partial charge in [0.15, 0.2) is 0 Å². The van der Waals surface area contributed by atoms with Crippen LogP contribution in [0.5, 0.6) is 0 Å². The van der Waals surface area contributed by atoms with Gasteiger partial charge in [-0.05, 0) is 29.0 Å². The largest absolute Gasteiger partial charge is 0.342 e. The Bertz CT molecular complexity index is 624. The van der Waals surface area contributed by atoms with E-state index in [9.17, 15) is 4.79 Å². The van der Waals surface area contributed by atoms with E-state index < -0.39 is 0 Å². The van der Waals surface area contributed by atoms with Gasteiger partial charge in [0, 0.05) is 24.8 Å². The molecule has 2 aromatic rings. The van der Waals surface area contributed by atoms with Crippen molar-refractivity contribution in [2.75, 3.05) is 18.4 Å². The highest BCUT2D eigenvalue weighted by atomic mass is 79.9. The lowest BCUT2D eigenvalue weighted by molar-refractivity contribution is -0.127. The minimum absolute atomic E-state index is 0.297. The maximum Gasteiger partial charge on any atom is 0.222 e. The van der Waals surface area contributed by atoms with Gasteiger partial charge in [-0.15, -0.1) is 0 Å². The monoisotopic (exact) mass is 357 g/mol. The zero-order valence-corrected chi connectivity index (χ0v) is 14.1. The van der Waals surface area contributed by atoms with Crippen LogP contribution in [0.4, 0.5) is 0 Å². The lowest BCUT2D eigenvalue weighted by atomic mass is 10.0. The Hall–Kier alpha value is -1.61. The second-order valence-corrected chi connectivity index (χ2v) is 6.52. The summed E-state index contributed by atoms with van der Waals surface area (Å²) in [6.45, 7) is 1.72. The predicted molar refractivity (Wildman–Crippen MR) is 94.1 cm³/mol. The fourth-order valence-corrected chi connectivity index (χ4v) is 3.37. The van der Waals surface area contributed by atoms with E-state index in [1.54, 1.807) is 0 Å². The van der Waals surface area contributed by atoms with E-state index in [2.05, 4.69) is 64.5 Å². The van der Waals surface area contributed by atoms with Gasteiger partial charge in [-0.2, -0.15) is 0 Å². The summed E-state index contributed by atoms with van der Waals surface area (Å²) in [6.07, 6.45) is 1.62. The fourth-order valence-electron chi connectivity index (χ4n) is 2.93. The maximum absolute atomic E-state index is 11.9. The van der Waals surface area contributed by atoms with Gasteiger partial charge in [0.2, 0.25) is 5.91 Å². The summed E-state index contributed by atoms with van der Waals surface area (Å²) in [6, 6.07) is 19.1. The first-order chi connectivity index (χ1) is 10.8. The van der Waals surface area contributed by atoms with Crippen molar-refractivity contribution >= 4 is 21.8 Å². The molecular weight excluding hydrogens is 338 g/mol. The first-order valence-electron chi connectivity index (χ1n) is 7.74. The van der Waals surface area contributed by atoms with Crippen LogP contribution in [-0.4, -0.2) is 29.2 Å². The van der Waals surface area contributed by atoms with Crippen molar-refractivity contribution in [3.63, 3.8) is 0 Å². The first kappa shape index (κ1) is 15.3. The van der Waals surface area contributed by atoms with Crippen molar-refractivity contribution in [3.8, 4) is 11.1 Å². The van der Waals surface area contributed by atoms with Gasteiger partial charge in [-0.3, -0.25) is 4.79 Å². The van der Waals surface area contributed by atoms with Gasteiger partial charge in [0.05, 0.1) is 0 Å². The van der Waals surface area contributed by atoms with Crippen molar-refractivity contribution in [1.82, 2.24) is 4.90 Å². The number of alkyl halides is 1. The van der Waals surface area contributed by atoms with Gasteiger partial charge in [-0.1, -0.05) is 70.5 Å². The second-order valence-electron chi connectivity index (χ2n) is 5.88. The van der Waals surface area contributed by atoms with Crippen molar-refractivity contribution in [2.45, 2.75) is 12.8 Å². The molecule has 1 heterocycles. The molecule has 0 aromatic heterocycles. The van der Waals surface area contributed by atoms with E-state index in [4.69, 9.17) is 0 Å². The van der Waals surface area contributed by atoms with Gasteiger partial charge >= 0.3 is 0 Å². The second kappa shape index (κ2) is 7.10. The zero-order chi connectivity index (χ0) is 15.4. The summed E-state index contributed by atoms with van der Waals surface area (Å²) < 4.78 is 0. The standard InChI is InChI=1S/C19H20BrNO/c20-13-16-12-19(22)21(14-16)11-10-15-6-8-18(9-7-15)17-4-2-1-3-5-17/h1-9,16H,10-14H2. The number of likely N-dealkylation sites (tertiary alicyclic amines) is 1. The molecule has 1 aliphatic rings. The normalized spacial score (nSPS) is 18.0. The molecule has 2 aromatic carbocycles. The Balaban J connectivity index is 1.59. The Labute approximate surface area is 140 Å². The topological polar surface area (TPSA) is 20.3 Å². The number of nitrogens with zero attached hydrogens (tertiary/aromatic N) is 1. The molecule has 1 saturated heterocycles. The van der Waals surface area contributed by atoms with Crippen LogP contribution in [0.1, 0.15) is 12.0 Å². The number of rotatable bonds is 5. The molecular formula is C19H20BrNO. The highest BCUT2D eigenvalue weighted by molar-refractivity contribution is 9.09. The summed E-state index contributed by atoms with van der Waals surface area (Å²) in [5.74, 6) is 0.776. The number of halogens is 1. The quantitative estimate of drug-likeness (QED) is 0.736. The van der Waals surface area contributed by atoms with Crippen LogP contribution in [-0.2, 0) is 11.2 Å². The first-order valence-corrected chi connectivity index (χ1v) is 8.86. The van der Waals surface area contributed by atoms with Crippen LogP contribution in [0.3, 0.4) is 0 Å². The Morgan fingerprint density at radius 3 is 2.32 bits per heavy atom. The van der Waals surface area contributed by atoms with Crippen molar-refractivity contribution in [3.05, 3.63) is 60.2 Å². The van der Waals surface area contributed by atoms with Gasteiger partial charge in [0.1, 0.15) is 0 Å². The molecule has 3 rings (SSSR count). The van der Waals surface area contributed by atoms with Crippen LogP contribution in [0.2, 0.25) is 0 Å². The molecule has 1 aliphatic heterocycles. The lowest BCUT2D eigenvalue weighted by Gasteiger charge is -2.16. The third-order valence-electron chi connectivity index (χ3n) is 4.24. The van der Waals surface area contributed by atoms with Gasteiger partial charge in [0.25, 0.3) is 0 Å². The smallest absolute Gasteiger partial charge is 0.222 e. The molecule has 2 nitrogen and oxygen atoms in total. The summed E-state index contributed by atoms with van der Waals surface area (Å²) >= 11 is 3.48. The number of hydrogen-bond acceptors (Lipinski definition) is 1. The highest BCUT2D eigenvalue weighted by Crippen LogP contribution is 2.21. The Morgan fingerprint density at radius 2 is 1.68 bits per heavy atom. The Kier molecular flexibility index (Phi) is 4.94. The Morgan fingerprint density at radius 1 is 1.00 bits per heavy atom. The molecule has 3 heteroatoms. The molecule has 0 bridgehead atoms. The molecule has 22 heavy (non-hydrogen) atoms. The molecule has 114 valence electrons. The summed E-state index contributed by atoms with van der Waals surface area (Å²) in [5.41, 5.74) is 3.76. The number of carbonyl (C=O) groups is 1. The highest BCUT2D eigenvalue weighted by Gasteiger charge is 2.28. The van der Waals surface area contributed by atoms with Crippen molar-refractivity contribution in [1.29, 1.82) is 0 Å². The SMILES string of the molecule is O=C1CC(CBr)CN1CCc1ccc(-c2ccccc2)cc1. The third-order valence-corrected chi connectivity index (χ3v) is 5.16. The van der Waals surface area contributed by atoms with Crippen LogP contribution in [0.25, 0.3) is 11.1 Å². The van der Waals surface area contributed by atoms with Gasteiger partial charge in [-0.25, -0.2) is 0 Å². The molecule has 1 fully saturated rings. The molecule has 1 amide bonds. The molecule has 0 aliphatic carbocycles. The number of hydrogen-bond donors (Lipinski definition) is 0. The average Bonchev–Trinajstić information content (AvgIpc) is 2.94. The van der Waals surface area contributed by atoms with E-state index >= 15 is 0 Å². The van der Waals surface area contributed by atoms with E-state index in [0.717, 1.165) is 24.8 Å². The minimum Gasteiger partial charge on any atom is -0.342 e. The molecule has 1 unspecified atom stereocenters. The number of benzene rings is 2. The molecule has 0 N–H and O–H groups in total. The minimum atomic E-state index is 0.297. The van der Waals surface area contributed by atoms with Crippen LogP contribution in [0.15, 0.2) is 54.6 Å². The van der Waals surface area contributed by atoms with Gasteiger partial charge < -0.3 is 4.90 Å². The van der Waals surface area contributed by atoms with E-state index in [1.807, 2.05) is 11.0 Å². The molecule has 0 radical (unpaired) electrons. The summed E-state index contributed by atoms with van der Waals surface area (Å²) in [5, 5.41) is 0.918.